The second-order valence-corrected chi connectivity index (χ2v) is 8.25. The maximum Gasteiger partial charge on any atom is 0.285 e. The number of hydrogen-bond acceptors (Lipinski definition) is 4. The van der Waals surface area contributed by atoms with E-state index in [0.717, 1.165) is 16.7 Å². The van der Waals surface area contributed by atoms with Crippen LogP contribution in [0.1, 0.15) is 21.6 Å². The monoisotopic (exact) mass is 403 g/mol. The molecule has 3 rings (SSSR count). The number of carbonyl (C=O) groups is 1. The summed E-state index contributed by atoms with van der Waals surface area (Å²) in [6, 6.07) is 11.8. The van der Waals surface area contributed by atoms with Crippen LogP contribution in [0.4, 0.5) is 0 Å². The summed E-state index contributed by atoms with van der Waals surface area (Å²) >= 11 is 5.93. The molecule has 0 spiro atoms. The van der Waals surface area contributed by atoms with Crippen LogP contribution in [0.3, 0.4) is 0 Å². The van der Waals surface area contributed by atoms with Crippen molar-refractivity contribution in [1.82, 2.24) is 14.3 Å². The number of carbonyl (C=O) groups excluding carboxylic acids is 1. The summed E-state index contributed by atoms with van der Waals surface area (Å²) in [4.78, 5) is 16.7. The number of imidazole rings is 1. The predicted octanol–water partition coefficient (Wildman–Crippen LogP) is 3.48. The molecule has 6 nitrogen and oxygen atoms in total. The number of nitrogens with zero attached hydrogens (tertiary/aromatic N) is 2. The molecule has 1 amide bonds. The predicted molar refractivity (Wildman–Crippen MR) is 104 cm³/mol. The van der Waals surface area contributed by atoms with Crippen LogP contribution in [0.15, 0.2) is 53.6 Å². The van der Waals surface area contributed by atoms with Crippen LogP contribution in [-0.2, 0) is 17.1 Å². The van der Waals surface area contributed by atoms with Crippen molar-refractivity contribution >= 4 is 27.5 Å². The molecule has 1 N–H and O–H groups in total. The fourth-order valence-electron chi connectivity index (χ4n) is 2.87. The molecule has 0 aliphatic carbocycles. The van der Waals surface area contributed by atoms with Gasteiger partial charge in [-0.05, 0) is 37.1 Å². The molecule has 0 saturated heterocycles. The fourth-order valence-corrected chi connectivity index (χ4v) is 4.35. The smallest absolute Gasteiger partial charge is 0.285 e. The van der Waals surface area contributed by atoms with E-state index in [9.17, 15) is 13.2 Å². The van der Waals surface area contributed by atoms with Crippen molar-refractivity contribution in [1.29, 1.82) is 0 Å². The highest BCUT2D eigenvalue weighted by atomic mass is 35.5. The molecule has 0 radical (unpaired) electrons. The molecular formula is C19H18ClN3O3S. The molecule has 0 saturated carbocycles. The topological polar surface area (TPSA) is 81.1 Å². The van der Waals surface area contributed by atoms with Crippen LogP contribution in [0, 0.1) is 13.8 Å². The Morgan fingerprint density at radius 3 is 2.33 bits per heavy atom. The van der Waals surface area contributed by atoms with Crippen LogP contribution in [0.5, 0.6) is 0 Å². The van der Waals surface area contributed by atoms with Crippen LogP contribution in [0.2, 0.25) is 5.02 Å². The van der Waals surface area contributed by atoms with Gasteiger partial charge in [-0.1, -0.05) is 41.9 Å². The van der Waals surface area contributed by atoms with Gasteiger partial charge in [0.1, 0.15) is 16.4 Å². The Morgan fingerprint density at radius 1 is 1.07 bits per heavy atom. The van der Waals surface area contributed by atoms with Crippen LogP contribution in [-0.4, -0.2) is 23.9 Å². The first-order chi connectivity index (χ1) is 12.7. The minimum atomic E-state index is -4.10. The van der Waals surface area contributed by atoms with Crippen molar-refractivity contribution in [3.63, 3.8) is 0 Å². The van der Waals surface area contributed by atoms with Crippen molar-refractivity contribution in [2.45, 2.75) is 18.7 Å². The van der Waals surface area contributed by atoms with Crippen LogP contribution in [0.25, 0.3) is 11.4 Å². The minimum Gasteiger partial charge on any atom is -0.333 e. The molecule has 140 valence electrons. The van der Waals surface area contributed by atoms with Gasteiger partial charge < -0.3 is 4.57 Å². The molecule has 0 fully saturated rings. The van der Waals surface area contributed by atoms with Gasteiger partial charge in [0.2, 0.25) is 0 Å². The van der Waals surface area contributed by atoms with E-state index in [1.165, 1.54) is 24.4 Å². The van der Waals surface area contributed by atoms with Crippen molar-refractivity contribution < 1.29 is 13.2 Å². The lowest BCUT2D eigenvalue weighted by atomic mass is 10.0. The lowest BCUT2D eigenvalue weighted by Crippen LogP contribution is -2.31. The SMILES string of the molecule is Cc1cccc(C)c1-c1nc(C(=O)NS(=O)(=O)c2ccccc2Cl)cn1C. The van der Waals surface area contributed by atoms with Crippen molar-refractivity contribution in [2.75, 3.05) is 0 Å². The summed E-state index contributed by atoms with van der Waals surface area (Å²) in [6.45, 7) is 3.91. The number of benzene rings is 2. The molecule has 0 atom stereocenters. The molecule has 0 aliphatic rings. The summed E-state index contributed by atoms with van der Waals surface area (Å²) in [6.07, 6.45) is 1.50. The van der Waals surface area contributed by atoms with Crippen molar-refractivity contribution in [3.05, 3.63) is 70.5 Å². The van der Waals surface area contributed by atoms with E-state index >= 15 is 0 Å². The number of aromatic nitrogens is 2. The van der Waals surface area contributed by atoms with Gasteiger partial charge in [0.25, 0.3) is 15.9 Å². The average Bonchev–Trinajstić information content (AvgIpc) is 2.96. The lowest BCUT2D eigenvalue weighted by Gasteiger charge is -2.09. The first-order valence-corrected chi connectivity index (χ1v) is 9.98. The van der Waals surface area contributed by atoms with Crippen molar-refractivity contribution in [2.24, 2.45) is 7.05 Å². The Balaban J connectivity index is 1.95. The molecule has 3 aromatic rings. The molecule has 2 aromatic carbocycles. The average molecular weight is 404 g/mol. The summed E-state index contributed by atoms with van der Waals surface area (Å²) in [5.74, 6) is -0.228. The zero-order chi connectivity index (χ0) is 19.8. The van der Waals surface area contributed by atoms with E-state index in [4.69, 9.17) is 11.6 Å². The lowest BCUT2D eigenvalue weighted by molar-refractivity contribution is 0.0977. The highest BCUT2D eigenvalue weighted by Crippen LogP contribution is 2.26. The van der Waals surface area contributed by atoms with E-state index in [1.54, 1.807) is 17.7 Å². The summed E-state index contributed by atoms with van der Waals surface area (Å²) < 4.78 is 28.6. The Bertz CT molecular complexity index is 1120. The second kappa shape index (κ2) is 7.17. The Labute approximate surface area is 162 Å². The quantitative estimate of drug-likeness (QED) is 0.723. The molecule has 0 unspecified atom stereocenters. The van der Waals surface area contributed by atoms with Gasteiger partial charge in [0.05, 0.1) is 5.02 Å². The maximum absolute atomic E-state index is 12.5. The third-order valence-corrected chi connectivity index (χ3v) is 6.00. The first-order valence-electron chi connectivity index (χ1n) is 8.12. The van der Waals surface area contributed by atoms with E-state index in [0.29, 0.717) is 5.82 Å². The Kier molecular flexibility index (Phi) is 5.08. The molecule has 1 heterocycles. The number of aryl methyl sites for hydroxylation is 3. The molecule has 1 aromatic heterocycles. The van der Waals surface area contributed by atoms with Gasteiger partial charge in [-0.15, -0.1) is 0 Å². The highest BCUT2D eigenvalue weighted by molar-refractivity contribution is 7.90. The van der Waals surface area contributed by atoms with E-state index in [-0.39, 0.29) is 15.6 Å². The third-order valence-electron chi connectivity index (χ3n) is 4.17. The molecule has 0 bridgehead atoms. The normalized spacial score (nSPS) is 11.4. The van der Waals surface area contributed by atoms with Gasteiger partial charge >= 0.3 is 0 Å². The van der Waals surface area contributed by atoms with E-state index < -0.39 is 15.9 Å². The molecule has 0 aliphatic heterocycles. The summed E-state index contributed by atoms with van der Waals surface area (Å²) in [7, 11) is -2.35. The van der Waals surface area contributed by atoms with E-state index in [1.807, 2.05) is 36.8 Å². The van der Waals surface area contributed by atoms with Gasteiger partial charge in [-0.3, -0.25) is 4.79 Å². The van der Waals surface area contributed by atoms with Crippen molar-refractivity contribution in [3.8, 4) is 11.4 Å². The molecule has 27 heavy (non-hydrogen) atoms. The number of hydrogen-bond donors (Lipinski definition) is 1. The van der Waals surface area contributed by atoms with Crippen LogP contribution >= 0.6 is 11.6 Å². The van der Waals surface area contributed by atoms with Gasteiger partial charge in [0, 0.05) is 18.8 Å². The zero-order valence-corrected chi connectivity index (χ0v) is 16.6. The van der Waals surface area contributed by atoms with Crippen LogP contribution < -0.4 is 4.72 Å². The Morgan fingerprint density at radius 2 is 1.70 bits per heavy atom. The number of amides is 1. The molecular weight excluding hydrogens is 386 g/mol. The number of sulfonamides is 1. The zero-order valence-electron chi connectivity index (χ0n) is 15.0. The van der Waals surface area contributed by atoms with Gasteiger partial charge in [0.15, 0.2) is 0 Å². The van der Waals surface area contributed by atoms with Gasteiger partial charge in [-0.2, -0.15) is 0 Å². The number of nitrogens with one attached hydrogen (secondary N) is 1. The molecule has 8 heteroatoms. The Hall–Kier alpha value is -2.64. The standard InChI is InChI=1S/C19H18ClN3O3S/c1-12-7-6-8-13(2)17(12)18-21-15(11-23(18)3)19(24)22-27(25,26)16-10-5-4-9-14(16)20/h4-11H,1-3H3,(H,22,24). The number of halogens is 1. The third kappa shape index (κ3) is 3.74. The minimum absolute atomic E-state index is 0.00535. The summed E-state index contributed by atoms with van der Waals surface area (Å²) in [5.41, 5.74) is 2.94. The fraction of sp³-hybridized carbons (Fsp3) is 0.158. The largest absolute Gasteiger partial charge is 0.333 e. The second-order valence-electron chi connectivity index (χ2n) is 6.19. The first kappa shape index (κ1) is 19.1. The highest BCUT2D eigenvalue weighted by Gasteiger charge is 2.24. The maximum atomic E-state index is 12.5. The van der Waals surface area contributed by atoms with Gasteiger partial charge in [-0.25, -0.2) is 18.1 Å². The summed E-state index contributed by atoms with van der Waals surface area (Å²) in [5, 5.41) is 0.0371. The number of rotatable bonds is 4. The van der Waals surface area contributed by atoms with E-state index in [2.05, 4.69) is 4.98 Å².